The van der Waals surface area contributed by atoms with Crippen molar-refractivity contribution in [3.05, 3.63) is 48.0 Å². The molecular formula is C27H32N4O4S. The minimum atomic E-state index is 0.0177. The molecular weight excluding hydrogens is 476 g/mol. The first-order valence-electron chi connectivity index (χ1n) is 12.2. The summed E-state index contributed by atoms with van der Waals surface area (Å²) in [6, 6.07) is 12.0. The maximum atomic E-state index is 12.8. The molecule has 0 N–H and O–H groups in total. The summed E-state index contributed by atoms with van der Waals surface area (Å²) in [4.78, 5) is 22.1. The van der Waals surface area contributed by atoms with Crippen LogP contribution in [0.25, 0.3) is 17.1 Å². The summed E-state index contributed by atoms with van der Waals surface area (Å²) < 4.78 is 18.5. The minimum absolute atomic E-state index is 0.0177. The van der Waals surface area contributed by atoms with E-state index < -0.39 is 0 Å². The molecule has 190 valence electrons. The molecule has 0 saturated carbocycles. The van der Waals surface area contributed by atoms with Crippen molar-refractivity contribution in [2.75, 3.05) is 54.1 Å². The van der Waals surface area contributed by atoms with E-state index in [9.17, 15) is 4.79 Å². The predicted molar refractivity (Wildman–Crippen MR) is 142 cm³/mol. The molecule has 0 radical (unpaired) electrons. The van der Waals surface area contributed by atoms with Gasteiger partial charge in [0.2, 0.25) is 11.7 Å². The van der Waals surface area contributed by atoms with Crippen molar-refractivity contribution in [1.29, 1.82) is 0 Å². The SMILES string of the molecule is COc1cc(/C=C/C(=O)N2CCN(CC3CCn4c(nc5ccccc54)S3)CC2)cc(OC)c1OC. The van der Waals surface area contributed by atoms with Gasteiger partial charge in [-0.15, -0.1) is 0 Å². The lowest BCUT2D eigenvalue weighted by Crippen LogP contribution is -2.50. The average molecular weight is 509 g/mol. The number of aryl methyl sites for hydroxylation is 1. The number of nitrogens with zero attached hydrogens (tertiary/aromatic N) is 4. The first-order valence-corrected chi connectivity index (χ1v) is 13.1. The van der Waals surface area contributed by atoms with E-state index in [4.69, 9.17) is 19.2 Å². The Kier molecular flexibility index (Phi) is 7.38. The zero-order chi connectivity index (χ0) is 25.1. The summed E-state index contributed by atoms with van der Waals surface area (Å²) in [7, 11) is 4.73. The number of carbonyl (C=O) groups is 1. The number of thioether (sulfide) groups is 1. The van der Waals surface area contributed by atoms with Gasteiger partial charge in [0.25, 0.3) is 0 Å². The molecule has 5 rings (SSSR count). The van der Waals surface area contributed by atoms with Crippen molar-refractivity contribution in [3.8, 4) is 17.2 Å². The summed E-state index contributed by atoms with van der Waals surface area (Å²) in [5.41, 5.74) is 3.12. The van der Waals surface area contributed by atoms with Gasteiger partial charge >= 0.3 is 0 Å². The third-order valence-electron chi connectivity index (χ3n) is 6.82. The molecule has 9 heteroatoms. The lowest BCUT2D eigenvalue weighted by molar-refractivity contribution is -0.127. The standard InChI is InChI=1S/C27H32N4O4S/c1-33-23-16-19(17-24(34-2)26(23)35-3)8-9-25(32)30-14-12-29(13-15-30)18-20-10-11-31-22-7-5-4-6-21(22)28-27(31)36-20/h4-9,16-17,20H,10-15,18H2,1-3H3/b9-8+. The van der Waals surface area contributed by atoms with Gasteiger partial charge in [0.15, 0.2) is 16.7 Å². The Morgan fingerprint density at radius 3 is 2.44 bits per heavy atom. The number of fused-ring (bicyclic) bond motifs is 3. The van der Waals surface area contributed by atoms with Crippen molar-refractivity contribution in [2.24, 2.45) is 0 Å². The fraction of sp³-hybridized carbons (Fsp3) is 0.407. The molecule has 3 aromatic rings. The van der Waals surface area contributed by atoms with Crippen LogP contribution >= 0.6 is 11.8 Å². The lowest BCUT2D eigenvalue weighted by atomic mass is 10.1. The summed E-state index contributed by atoms with van der Waals surface area (Å²) in [6.45, 7) is 5.27. The van der Waals surface area contributed by atoms with E-state index in [1.54, 1.807) is 33.5 Å². The molecule has 1 aromatic heterocycles. The molecule has 2 aliphatic rings. The van der Waals surface area contributed by atoms with E-state index in [1.165, 1.54) is 5.52 Å². The third kappa shape index (κ3) is 5.03. The Morgan fingerprint density at radius 2 is 1.75 bits per heavy atom. The first kappa shape index (κ1) is 24.5. The van der Waals surface area contributed by atoms with Gasteiger partial charge in [-0.25, -0.2) is 4.98 Å². The molecule has 8 nitrogen and oxygen atoms in total. The van der Waals surface area contributed by atoms with Crippen LogP contribution in [0.5, 0.6) is 17.2 Å². The topological polar surface area (TPSA) is 69.1 Å². The Hall–Kier alpha value is -3.17. The number of aromatic nitrogens is 2. The molecule has 1 saturated heterocycles. The largest absolute Gasteiger partial charge is 0.493 e. The van der Waals surface area contributed by atoms with E-state index in [1.807, 2.05) is 34.9 Å². The van der Waals surface area contributed by atoms with E-state index in [0.29, 0.717) is 22.5 Å². The summed E-state index contributed by atoms with van der Waals surface area (Å²) in [5.74, 6) is 1.68. The average Bonchev–Trinajstić information content (AvgIpc) is 3.29. The lowest BCUT2D eigenvalue weighted by Gasteiger charge is -2.36. The second-order valence-corrected chi connectivity index (χ2v) is 10.2. The Bertz CT molecular complexity index is 1240. The molecule has 36 heavy (non-hydrogen) atoms. The number of hydrogen-bond acceptors (Lipinski definition) is 7. The van der Waals surface area contributed by atoms with Crippen LogP contribution in [0, 0.1) is 0 Å². The second kappa shape index (κ2) is 10.8. The Labute approximate surface area is 215 Å². The van der Waals surface area contributed by atoms with Crippen LogP contribution in [-0.2, 0) is 11.3 Å². The van der Waals surface area contributed by atoms with Gasteiger partial charge in [0, 0.05) is 50.6 Å². The molecule has 2 aliphatic heterocycles. The highest BCUT2D eigenvalue weighted by Crippen LogP contribution is 2.38. The number of rotatable bonds is 7. The molecule has 1 fully saturated rings. The molecule has 0 spiro atoms. The number of benzene rings is 2. The van der Waals surface area contributed by atoms with Gasteiger partial charge < -0.3 is 23.7 Å². The third-order valence-corrected chi connectivity index (χ3v) is 8.06. The van der Waals surface area contributed by atoms with Crippen molar-refractivity contribution in [2.45, 2.75) is 23.4 Å². The number of imidazole rings is 1. The van der Waals surface area contributed by atoms with E-state index >= 15 is 0 Å². The summed E-state index contributed by atoms with van der Waals surface area (Å²) in [6.07, 6.45) is 4.55. The fourth-order valence-electron chi connectivity index (χ4n) is 4.88. The van der Waals surface area contributed by atoms with Gasteiger partial charge in [0.1, 0.15) is 0 Å². The highest BCUT2D eigenvalue weighted by Gasteiger charge is 2.27. The van der Waals surface area contributed by atoms with Crippen molar-refractivity contribution >= 4 is 34.8 Å². The van der Waals surface area contributed by atoms with Gasteiger partial charge in [-0.05, 0) is 42.3 Å². The van der Waals surface area contributed by atoms with Gasteiger partial charge in [-0.2, -0.15) is 0 Å². The van der Waals surface area contributed by atoms with Crippen LogP contribution in [0.3, 0.4) is 0 Å². The van der Waals surface area contributed by atoms with E-state index in [2.05, 4.69) is 27.7 Å². The highest BCUT2D eigenvalue weighted by molar-refractivity contribution is 7.99. The Balaban J connectivity index is 1.14. The summed E-state index contributed by atoms with van der Waals surface area (Å²) in [5, 5.41) is 1.65. The number of carbonyl (C=O) groups excluding carboxylic acids is 1. The van der Waals surface area contributed by atoms with Crippen molar-refractivity contribution in [3.63, 3.8) is 0 Å². The van der Waals surface area contributed by atoms with Gasteiger partial charge in [0.05, 0.1) is 32.4 Å². The van der Waals surface area contributed by atoms with Crippen LogP contribution in [0.4, 0.5) is 0 Å². The smallest absolute Gasteiger partial charge is 0.246 e. The van der Waals surface area contributed by atoms with E-state index in [-0.39, 0.29) is 5.91 Å². The quantitative estimate of drug-likeness (QED) is 0.450. The van der Waals surface area contributed by atoms with Gasteiger partial charge in [-0.1, -0.05) is 23.9 Å². The number of ether oxygens (including phenoxy) is 3. The molecule has 1 amide bonds. The first-order chi connectivity index (χ1) is 17.6. The second-order valence-electron chi connectivity index (χ2n) is 8.98. The van der Waals surface area contributed by atoms with E-state index in [0.717, 1.165) is 61.9 Å². The molecule has 3 heterocycles. The van der Waals surface area contributed by atoms with Crippen molar-refractivity contribution < 1.29 is 19.0 Å². The molecule has 0 aliphatic carbocycles. The van der Waals surface area contributed by atoms with Crippen molar-refractivity contribution in [1.82, 2.24) is 19.4 Å². The van der Waals surface area contributed by atoms with Crippen LogP contribution < -0.4 is 14.2 Å². The Morgan fingerprint density at radius 1 is 1.03 bits per heavy atom. The fourth-order valence-corrected chi connectivity index (χ4v) is 6.15. The molecule has 0 bridgehead atoms. The maximum Gasteiger partial charge on any atom is 0.246 e. The maximum absolute atomic E-state index is 12.8. The number of amides is 1. The number of hydrogen-bond donors (Lipinski definition) is 0. The molecule has 1 unspecified atom stereocenters. The zero-order valence-corrected chi connectivity index (χ0v) is 21.8. The van der Waals surface area contributed by atoms with Gasteiger partial charge in [-0.3, -0.25) is 9.69 Å². The number of piperazine rings is 1. The monoisotopic (exact) mass is 508 g/mol. The van der Waals surface area contributed by atoms with Crippen LogP contribution in [0.15, 0.2) is 47.6 Å². The summed E-state index contributed by atoms with van der Waals surface area (Å²) >= 11 is 1.89. The molecule has 1 atom stereocenters. The minimum Gasteiger partial charge on any atom is -0.493 e. The van der Waals surface area contributed by atoms with Crippen LogP contribution in [0.2, 0.25) is 0 Å². The number of para-hydroxylation sites is 2. The molecule has 2 aromatic carbocycles. The predicted octanol–water partition coefficient (Wildman–Crippen LogP) is 3.78. The highest BCUT2D eigenvalue weighted by atomic mass is 32.2. The van der Waals surface area contributed by atoms with Crippen LogP contribution in [0.1, 0.15) is 12.0 Å². The van der Waals surface area contributed by atoms with Crippen LogP contribution in [-0.4, -0.2) is 84.6 Å². The normalized spacial score (nSPS) is 18.4. The number of methoxy groups -OCH3 is 3. The zero-order valence-electron chi connectivity index (χ0n) is 21.0.